The van der Waals surface area contributed by atoms with Crippen molar-refractivity contribution in [3.8, 4) is 0 Å². The molecule has 2 N–H and O–H groups in total. The number of nitrogens with two attached hydrogens (primary N) is 1. The van der Waals surface area contributed by atoms with Gasteiger partial charge in [0.1, 0.15) is 11.6 Å². The van der Waals surface area contributed by atoms with E-state index in [4.69, 9.17) is 15.2 Å². The van der Waals surface area contributed by atoms with Crippen molar-refractivity contribution < 1.29 is 19.2 Å². The lowest BCUT2D eigenvalue weighted by Gasteiger charge is -2.22. The van der Waals surface area contributed by atoms with Gasteiger partial charge in [0.2, 0.25) is 0 Å². The third-order valence-corrected chi connectivity index (χ3v) is 3.78. The van der Waals surface area contributed by atoms with Crippen LogP contribution in [-0.2, 0) is 20.9 Å². The van der Waals surface area contributed by atoms with E-state index in [0.29, 0.717) is 25.0 Å². The number of ether oxygens (including phenoxy) is 2. The molecular formula is C16H23BrN2O5. The van der Waals surface area contributed by atoms with E-state index < -0.39 is 22.5 Å². The Bertz CT molecular complexity index is 586. The fraction of sp³-hybridized carbons (Fsp3) is 0.562. The normalized spacial score (nSPS) is 12.7. The van der Waals surface area contributed by atoms with Crippen molar-refractivity contribution >= 4 is 27.6 Å². The van der Waals surface area contributed by atoms with Gasteiger partial charge < -0.3 is 15.2 Å². The number of nitrogens with zero attached hydrogens (tertiary/aromatic N) is 1. The molecule has 0 aliphatic rings. The molecule has 0 heterocycles. The van der Waals surface area contributed by atoms with Crippen LogP contribution in [0.1, 0.15) is 39.2 Å². The van der Waals surface area contributed by atoms with Crippen molar-refractivity contribution in [2.75, 3.05) is 6.61 Å². The molecular weight excluding hydrogens is 380 g/mol. The fourth-order valence-corrected chi connectivity index (χ4v) is 2.23. The molecule has 8 heteroatoms. The number of carbonyl (C=O) groups excluding carboxylic acids is 1. The molecule has 0 radical (unpaired) electrons. The summed E-state index contributed by atoms with van der Waals surface area (Å²) >= 11 is 3.34. The van der Waals surface area contributed by atoms with Crippen molar-refractivity contribution in [1.82, 2.24) is 0 Å². The number of non-ortho nitro benzene ring substituents is 1. The maximum absolute atomic E-state index is 11.7. The van der Waals surface area contributed by atoms with Gasteiger partial charge in [-0.05, 0) is 45.2 Å². The van der Waals surface area contributed by atoms with Crippen molar-refractivity contribution in [3.63, 3.8) is 0 Å². The van der Waals surface area contributed by atoms with E-state index in [-0.39, 0.29) is 12.3 Å². The Morgan fingerprint density at radius 3 is 2.67 bits per heavy atom. The van der Waals surface area contributed by atoms with Gasteiger partial charge in [-0.15, -0.1) is 0 Å². The second-order valence-electron chi connectivity index (χ2n) is 6.37. The first kappa shape index (κ1) is 20.5. The Balaban J connectivity index is 2.35. The van der Waals surface area contributed by atoms with Crippen LogP contribution < -0.4 is 5.73 Å². The van der Waals surface area contributed by atoms with E-state index in [1.165, 1.54) is 12.1 Å². The monoisotopic (exact) mass is 402 g/mol. The molecule has 24 heavy (non-hydrogen) atoms. The predicted molar refractivity (Wildman–Crippen MR) is 93.5 cm³/mol. The van der Waals surface area contributed by atoms with Gasteiger partial charge in [0, 0.05) is 23.2 Å². The zero-order valence-electron chi connectivity index (χ0n) is 14.1. The Kier molecular flexibility index (Phi) is 7.78. The molecule has 0 aromatic heterocycles. The predicted octanol–water partition coefficient (Wildman–Crippen LogP) is 3.32. The van der Waals surface area contributed by atoms with Crippen molar-refractivity contribution in [2.45, 2.75) is 51.9 Å². The summed E-state index contributed by atoms with van der Waals surface area (Å²) in [5.74, 6) is -0.427. The van der Waals surface area contributed by atoms with Gasteiger partial charge in [0.05, 0.1) is 11.5 Å². The number of hydrogen-bond donors (Lipinski definition) is 1. The van der Waals surface area contributed by atoms with Crippen molar-refractivity contribution in [2.24, 2.45) is 5.73 Å². The highest BCUT2D eigenvalue weighted by atomic mass is 79.9. The summed E-state index contributed by atoms with van der Waals surface area (Å²) in [5.41, 5.74) is 5.94. The van der Waals surface area contributed by atoms with E-state index in [1.807, 2.05) is 0 Å². The molecule has 1 aromatic carbocycles. The number of nitro groups is 1. The number of esters is 1. The number of rotatable bonds is 8. The zero-order valence-corrected chi connectivity index (χ0v) is 15.7. The van der Waals surface area contributed by atoms with Crippen LogP contribution >= 0.6 is 15.9 Å². The van der Waals surface area contributed by atoms with Gasteiger partial charge in [0.15, 0.2) is 0 Å². The molecule has 1 atom stereocenters. The van der Waals surface area contributed by atoms with Gasteiger partial charge in [-0.25, -0.2) is 0 Å². The molecule has 7 nitrogen and oxygen atoms in total. The molecule has 0 amide bonds. The third-order valence-electron chi connectivity index (χ3n) is 3.01. The van der Waals surface area contributed by atoms with Crippen LogP contribution in [-0.4, -0.2) is 29.1 Å². The van der Waals surface area contributed by atoms with Crippen LogP contribution in [0.4, 0.5) is 5.69 Å². The molecule has 1 unspecified atom stereocenters. The van der Waals surface area contributed by atoms with E-state index in [0.717, 1.165) is 4.47 Å². The van der Waals surface area contributed by atoms with Crippen LogP contribution in [0.2, 0.25) is 0 Å². The summed E-state index contributed by atoms with van der Waals surface area (Å²) in [7, 11) is 0. The molecule has 0 aliphatic carbocycles. The molecule has 0 saturated carbocycles. The molecule has 0 spiro atoms. The number of nitro benzene ring substituents is 1. The first-order chi connectivity index (χ1) is 11.1. The quantitative estimate of drug-likeness (QED) is 0.309. The Morgan fingerprint density at radius 2 is 2.08 bits per heavy atom. The van der Waals surface area contributed by atoms with E-state index in [2.05, 4.69) is 15.9 Å². The standard InChI is InChI=1S/C16H23BrN2O5/c1-16(2,3)24-15(20)14(18)5-4-8-23-10-11-9-12(19(21)22)6-7-13(11)17/h6-7,9,14H,4-5,8,10,18H2,1-3H3. The van der Waals surface area contributed by atoms with Gasteiger partial charge in [0.25, 0.3) is 5.69 Å². The van der Waals surface area contributed by atoms with Gasteiger partial charge in [-0.3, -0.25) is 14.9 Å². The lowest BCUT2D eigenvalue weighted by atomic mass is 10.1. The number of carbonyl (C=O) groups is 1. The maximum atomic E-state index is 11.7. The molecule has 0 fully saturated rings. The lowest BCUT2D eigenvalue weighted by molar-refractivity contribution is -0.385. The topological polar surface area (TPSA) is 105 Å². The highest BCUT2D eigenvalue weighted by molar-refractivity contribution is 9.10. The summed E-state index contributed by atoms with van der Waals surface area (Å²) in [6, 6.07) is 3.83. The Labute approximate surface area is 149 Å². The molecule has 0 saturated heterocycles. The van der Waals surface area contributed by atoms with Crippen LogP contribution in [0.5, 0.6) is 0 Å². The SMILES string of the molecule is CC(C)(C)OC(=O)C(N)CCCOCc1cc([N+](=O)[O-])ccc1Br. The summed E-state index contributed by atoms with van der Waals surface area (Å²) in [5, 5.41) is 10.8. The number of halogens is 1. The van der Waals surface area contributed by atoms with Crippen LogP contribution in [0.25, 0.3) is 0 Å². The third kappa shape index (κ3) is 7.37. The van der Waals surface area contributed by atoms with Crippen LogP contribution in [0.3, 0.4) is 0 Å². The van der Waals surface area contributed by atoms with Gasteiger partial charge in [-0.2, -0.15) is 0 Å². The second-order valence-corrected chi connectivity index (χ2v) is 7.22. The van der Waals surface area contributed by atoms with Crippen LogP contribution in [0, 0.1) is 10.1 Å². The summed E-state index contributed by atoms with van der Waals surface area (Å²) in [4.78, 5) is 22.1. The average Bonchev–Trinajstić information content (AvgIpc) is 2.46. The molecule has 134 valence electrons. The van der Waals surface area contributed by atoms with Crippen molar-refractivity contribution in [3.05, 3.63) is 38.3 Å². The van der Waals surface area contributed by atoms with Gasteiger partial charge in [-0.1, -0.05) is 15.9 Å². The van der Waals surface area contributed by atoms with Crippen molar-refractivity contribution in [1.29, 1.82) is 0 Å². The summed E-state index contributed by atoms with van der Waals surface area (Å²) in [6.45, 7) is 6.00. The van der Waals surface area contributed by atoms with Gasteiger partial charge >= 0.3 is 5.97 Å². The minimum absolute atomic E-state index is 0.0174. The second kappa shape index (κ2) is 9.10. The number of hydrogen-bond acceptors (Lipinski definition) is 6. The van der Waals surface area contributed by atoms with E-state index >= 15 is 0 Å². The minimum atomic E-state index is -0.683. The highest BCUT2D eigenvalue weighted by Gasteiger charge is 2.21. The van der Waals surface area contributed by atoms with E-state index in [9.17, 15) is 14.9 Å². The minimum Gasteiger partial charge on any atom is -0.459 e. The first-order valence-corrected chi connectivity index (χ1v) is 8.38. The fourth-order valence-electron chi connectivity index (χ4n) is 1.87. The molecule has 0 bridgehead atoms. The summed E-state index contributed by atoms with van der Waals surface area (Å²) < 4.78 is 11.5. The average molecular weight is 403 g/mol. The smallest absolute Gasteiger partial charge is 0.323 e. The first-order valence-electron chi connectivity index (χ1n) is 7.59. The lowest BCUT2D eigenvalue weighted by Crippen LogP contribution is -2.37. The molecule has 1 aromatic rings. The highest BCUT2D eigenvalue weighted by Crippen LogP contribution is 2.23. The Morgan fingerprint density at radius 1 is 1.42 bits per heavy atom. The molecule has 1 rings (SSSR count). The molecule has 0 aliphatic heterocycles. The zero-order chi connectivity index (χ0) is 18.3. The van der Waals surface area contributed by atoms with E-state index in [1.54, 1.807) is 26.8 Å². The number of benzene rings is 1. The van der Waals surface area contributed by atoms with Crippen LogP contribution in [0.15, 0.2) is 22.7 Å². The Hall–Kier alpha value is -1.51. The maximum Gasteiger partial charge on any atom is 0.323 e. The largest absolute Gasteiger partial charge is 0.459 e. The summed E-state index contributed by atoms with van der Waals surface area (Å²) in [6.07, 6.45) is 1.04.